The number of benzene rings is 2. The number of fused-ring (bicyclic) bond motifs is 1. The van der Waals surface area contributed by atoms with Gasteiger partial charge in [-0.05, 0) is 22.8 Å². The van der Waals surface area contributed by atoms with Crippen LogP contribution in [0.25, 0.3) is 10.8 Å². The van der Waals surface area contributed by atoms with Gasteiger partial charge in [0.2, 0.25) is 0 Å². The zero-order valence-electron chi connectivity index (χ0n) is 15.4. The summed E-state index contributed by atoms with van der Waals surface area (Å²) in [5.41, 5.74) is 1.47. The number of nitrogens with one attached hydrogen (secondary N) is 1. The van der Waals surface area contributed by atoms with E-state index in [1.807, 2.05) is 43.3 Å². The monoisotopic (exact) mass is 368 g/mol. The summed E-state index contributed by atoms with van der Waals surface area (Å²) < 4.78 is 6.82. The maximum atomic E-state index is 12.4. The zero-order valence-corrected chi connectivity index (χ0v) is 15.4. The standard InChI is InChI=1S/C21H24N2O4/c1-2-5-18-19(23(14-27-11-10-24)21(26)22-20(18)25)13-15-8-9-16-6-3-4-7-17(16)12-15/h3-4,6-9,12,24H,2,5,10-11,13-14H2,1H3,(H,22,25,26). The predicted molar refractivity (Wildman–Crippen MR) is 105 cm³/mol. The summed E-state index contributed by atoms with van der Waals surface area (Å²) in [7, 11) is 0. The molecule has 27 heavy (non-hydrogen) atoms. The normalized spacial score (nSPS) is 11.2. The van der Waals surface area contributed by atoms with Crippen molar-refractivity contribution in [2.24, 2.45) is 0 Å². The van der Waals surface area contributed by atoms with E-state index in [0.717, 1.165) is 22.8 Å². The molecule has 0 fully saturated rings. The average Bonchev–Trinajstić information content (AvgIpc) is 2.67. The van der Waals surface area contributed by atoms with Gasteiger partial charge in [-0.3, -0.25) is 14.3 Å². The second-order valence-electron chi connectivity index (χ2n) is 6.48. The molecule has 0 saturated carbocycles. The molecule has 0 aliphatic rings. The Labute approximate surface area is 157 Å². The van der Waals surface area contributed by atoms with Gasteiger partial charge in [0.15, 0.2) is 0 Å². The van der Waals surface area contributed by atoms with E-state index in [1.54, 1.807) is 0 Å². The summed E-state index contributed by atoms with van der Waals surface area (Å²) in [4.78, 5) is 27.1. The van der Waals surface area contributed by atoms with E-state index < -0.39 is 5.69 Å². The highest BCUT2D eigenvalue weighted by Gasteiger charge is 2.15. The molecule has 1 heterocycles. The lowest BCUT2D eigenvalue weighted by molar-refractivity contribution is 0.0442. The van der Waals surface area contributed by atoms with Gasteiger partial charge in [0.25, 0.3) is 5.56 Å². The van der Waals surface area contributed by atoms with Crippen molar-refractivity contribution in [3.8, 4) is 0 Å². The van der Waals surface area contributed by atoms with Gasteiger partial charge in [-0.1, -0.05) is 55.8 Å². The van der Waals surface area contributed by atoms with Crippen LogP contribution in [0.1, 0.15) is 30.2 Å². The first-order chi connectivity index (χ1) is 13.1. The second-order valence-corrected chi connectivity index (χ2v) is 6.48. The Hall–Kier alpha value is -2.70. The maximum Gasteiger partial charge on any atom is 0.330 e. The van der Waals surface area contributed by atoms with Crippen LogP contribution < -0.4 is 11.2 Å². The lowest BCUT2D eigenvalue weighted by atomic mass is 10.00. The van der Waals surface area contributed by atoms with Crippen LogP contribution in [0.15, 0.2) is 52.1 Å². The molecule has 2 aromatic carbocycles. The fourth-order valence-electron chi connectivity index (χ4n) is 3.27. The zero-order chi connectivity index (χ0) is 19.2. The van der Waals surface area contributed by atoms with Gasteiger partial charge in [0, 0.05) is 17.7 Å². The van der Waals surface area contributed by atoms with E-state index in [1.165, 1.54) is 4.57 Å². The van der Waals surface area contributed by atoms with Crippen LogP contribution in [-0.2, 0) is 24.3 Å². The third kappa shape index (κ3) is 4.35. The van der Waals surface area contributed by atoms with E-state index in [0.29, 0.717) is 24.1 Å². The molecule has 0 saturated heterocycles. The quantitative estimate of drug-likeness (QED) is 0.597. The number of nitrogens with zero attached hydrogens (tertiary/aromatic N) is 1. The van der Waals surface area contributed by atoms with E-state index >= 15 is 0 Å². The Balaban J connectivity index is 2.06. The summed E-state index contributed by atoms with van der Waals surface area (Å²) in [6.45, 7) is 2.00. The van der Waals surface area contributed by atoms with E-state index in [2.05, 4.69) is 11.1 Å². The minimum atomic E-state index is -0.492. The largest absolute Gasteiger partial charge is 0.394 e. The van der Waals surface area contributed by atoms with Crippen LogP contribution >= 0.6 is 0 Å². The van der Waals surface area contributed by atoms with Crippen molar-refractivity contribution in [2.75, 3.05) is 13.2 Å². The molecule has 0 radical (unpaired) electrons. The summed E-state index contributed by atoms with van der Waals surface area (Å²) in [5, 5.41) is 11.2. The number of aliphatic hydroxyl groups is 1. The first kappa shape index (κ1) is 19.1. The van der Waals surface area contributed by atoms with Crippen molar-refractivity contribution in [3.05, 3.63) is 80.1 Å². The molecule has 0 aliphatic carbocycles. The Morgan fingerprint density at radius 2 is 1.89 bits per heavy atom. The number of hydrogen-bond donors (Lipinski definition) is 2. The van der Waals surface area contributed by atoms with E-state index in [9.17, 15) is 9.59 Å². The third-order valence-electron chi connectivity index (χ3n) is 4.56. The number of H-pyrrole nitrogens is 1. The molecule has 6 nitrogen and oxygen atoms in total. The van der Waals surface area contributed by atoms with Crippen molar-refractivity contribution in [2.45, 2.75) is 32.9 Å². The Morgan fingerprint density at radius 1 is 1.11 bits per heavy atom. The van der Waals surface area contributed by atoms with Crippen LogP contribution in [0, 0.1) is 0 Å². The van der Waals surface area contributed by atoms with Crippen LogP contribution in [0.2, 0.25) is 0 Å². The van der Waals surface area contributed by atoms with Gasteiger partial charge >= 0.3 is 5.69 Å². The average molecular weight is 368 g/mol. The molecule has 2 N–H and O–H groups in total. The molecule has 0 aliphatic heterocycles. The predicted octanol–water partition coefficient (Wildman–Crippen LogP) is 2.20. The number of rotatable bonds is 8. The Bertz CT molecular complexity index is 1040. The fourth-order valence-corrected chi connectivity index (χ4v) is 3.27. The molecule has 3 rings (SSSR count). The van der Waals surface area contributed by atoms with Gasteiger partial charge in [-0.15, -0.1) is 0 Å². The lowest BCUT2D eigenvalue weighted by Gasteiger charge is -2.16. The summed E-state index contributed by atoms with van der Waals surface area (Å²) in [6, 6.07) is 14.2. The third-order valence-corrected chi connectivity index (χ3v) is 4.56. The van der Waals surface area contributed by atoms with Crippen LogP contribution in [0.3, 0.4) is 0 Å². The molecule has 142 valence electrons. The van der Waals surface area contributed by atoms with Crippen molar-refractivity contribution in [3.63, 3.8) is 0 Å². The molecule has 3 aromatic rings. The number of aliphatic hydroxyl groups excluding tert-OH is 1. The molecule has 0 unspecified atom stereocenters. The molecule has 6 heteroatoms. The highest BCUT2D eigenvalue weighted by molar-refractivity contribution is 5.83. The first-order valence-electron chi connectivity index (χ1n) is 9.15. The summed E-state index contributed by atoms with van der Waals surface area (Å²) in [6.07, 6.45) is 1.84. The van der Waals surface area contributed by atoms with E-state index in [-0.39, 0.29) is 25.5 Å². The lowest BCUT2D eigenvalue weighted by Crippen LogP contribution is -2.36. The molecule has 0 spiro atoms. The van der Waals surface area contributed by atoms with Crippen LogP contribution in [0.5, 0.6) is 0 Å². The highest BCUT2D eigenvalue weighted by Crippen LogP contribution is 2.19. The highest BCUT2D eigenvalue weighted by atomic mass is 16.5. The SMILES string of the molecule is CCCc1c(Cc2ccc3ccccc3c2)n(COCCO)c(=O)[nH]c1=O. The molecule has 0 bridgehead atoms. The van der Waals surface area contributed by atoms with Gasteiger partial charge < -0.3 is 9.84 Å². The fraction of sp³-hybridized carbons (Fsp3) is 0.333. The van der Waals surface area contributed by atoms with Crippen molar-refractivity contribution < 1.29 is 9.84 Å². The smallest absolute Gasteiger partial charge is 0.330 e. The minimum absolute atomic E-state index is 0.00416. The maximum absolute atomic E-state index is 12.4. The second kappa shape index (κ2) is 8.79. The molecule has 1 aromatic heterocycles. The number of aromatic nitrogens is 2. The minimum Gasteiger partial charge on any atom is -0.394 e. The van der Waals surface area contributed by atoms with Crippen LogP contribution in [0.4, 0.5) is 0 Å². The van der Waals surface area contributed by atoms with Crippen molar-refractivity contribution in [1.29, 1.82) is 0 Å². The molecular formula is C21H24N2O4. The number of ether oxygens (including phenoxy) is 1. The van der Waals surface area contributed by atoms with Crippen LogP contribution in [-0.4, -0.2) is 27.9 Å². The van der Waals surface area contributed by atoms with Crippen molar-refractivity contribution in [1.82, 2.24) is 9.55 Å². The first-order valence-corrected chi connectivity index (χ1v) is 9.15. The number of aromatic amines is 1. The Kier molecular flexibility index (Phi) is 6.21. The van der Waals surface area contributed by atoms with Crippen molar-refractivity contribution >= 4 is 10.8 Å². The molecule has 0 amide bonds. The molecular weight excluding hydrogens is 344 g/mol. The van der Waals surface area contributed by atoms with Gasteiger partial charge in [0.05, 0.1) is 13.2 Å². The van der Waals surface area contributed by atoms with Gasteiger partial charge in [0.1, 0.15) is 6.73 Å². The summed E-state index contributed by atoms with van der Waals surface area (Å²) >= 11 is 0. The molecule has 0 atom stereocenters. The number of hydrogen-bond acceptors (Lipinski definition) is 4. The van der Waals surface area contributed by atoms with Gasteiger partial charge in [-0.25, -0.2) is 4.79 Å². The van der Waals surface area contributed by atoms with Gasteiger partial charge in [-0.2, -0.15) is 0 Å². The summed E-state index contributed by atoms with van der Waals surface area (Å²) in [5.74, 6) is 0. The topological polar surface area (TPSA) is 84.3 Å². The van der Waals surface area contributed by atoms with E-state index in [4.69, 9.17) is 9.84 Å². The Morgan fingerprint density at radius 3 is 2.63 bits per heavy atom.